The Balaban J connectivity index is 1.90. The van der Waals surface area contributed by atoms with Crippen LogP contribution < -0.4 is 15.0 Å². The van der Waals surface area contributed by atoms with Crippen molar-refractivity contribution in [1.29, 1.82) is 0 Å². The summed E-state index contributed by atoms with van der Waals surface area (Å²) in [5, 5.41) is 13.9. The molecule has 0 saturated carbocycles. The molecule has 1 saturated heterocycles. The molecule has 0 radical (unpaired) electrons. The monoisotopic (exact) mass is 660 g/mol. The number of alkyl halides is 1. The van der Waals surface area contributed by atoms with E-state index >= 15 is 4.39 Å². The van der Waals surface area contributed by atoms with E-state index in [0.717, 1.165) is 0 Å². The molecule has 5 rings (SSSR count). The number of aliphatic carboxylic acids is 1. The Bertz CT molecular complexity index is 1680. The number of amides is 1. The van der Waals surface area contributed by atoms with Crippen LogP contribution in [0.15, 0.2) is 54.6 Å². The molecule has 4 atom stereocenters. The van der Waals surface area contributed by atoms with Gasteiger partial charge in [-0.2, -0.15) is 0 Å². The average molecular weight is 662 g/mol. The predicted octanol–water partition coefficient (Wildman–Crippen LogP) is 7.02. The molecule has 2 aliphatic heterocycles. The Labute approximate surface area is 269 Å². The number of carboxylic acid groups (broad SMARTS) is 1. The van der Waals surface area contributed by atoms with E-state index in [1.54, 1.807) is 39.0 Å². The zero-order valence-electron chi connectivity index (χ0n) is 25.0. The van der Waals surface area contributed by atoms with Gasteiger partial charge in [-0.1, -0.05) is 55.2 Å². The highest BCUT2D eigenvalue weighted by molar-refractivity contribution is 6.31. The van der Waals surface area contributed by atoms with Crippen molar-refractivity contribution in [3.63, 3.8) is 0 Å². The summed E-state index contributed by atoms with van der Waals surface area (Å²) < 4.78 is 41.5. The van der Waals surface area contributed by atoms with E-state index in [-0.39, 0.29) is 40.6 Å². The molecule has 8 nitrogen and oxygen atoms in total. The third kappa shape index (κ3) is 5.27. The highest BCUT2D eigenvalue weighted by Crippen LogP contribution is 2.62. The molecule has 2 heterocycles. The smallest absolute Gasteiger partial charge is 0.338 e. The maximum atomic E-state index is 16.1. The quantitative estimate of drug-likeness (QED) is 0.238. The van der Waals surface area contributed by atoms with Crippen molar-refractivity contribution in [2.45, 2.75) is 50.6 Å². The van der Waals surface area contributed by atoms with Crippen LogP contribution in [0.2, 0.25) is 10.0 Å². The molecule has 1 spiro atoms. The SMILES string of the molecule is CCOC(=O)c1ccc(N2[C@@H](CC(C)(C)CF)[C@@]3(C(=O)Nc4cc(Cl)ccc43)[C@@H](c3cccc(Cl)c3F)[C@@H]2C(=O)O)c(OC)c1. The fourth-order valence-electron chi connectivity index (χ4n) is 6.82. The lowest BCUT2D eigenvalue weighted by Gasteiger charge is -2.40. The van der Waals surface area contributed by atoms with E-state index < -0.39 is 59.2 Å². The lowest BCUT2D eigenvalue weighted by atomic mass is 9.62. The molecule has 0 unspecified atom stereocenters. The summed E-state index contributed by atoms with van der Waals surface area (Å²) in [5.74, 6) is -4.73. The van der Waals surface area contributed by atoms with Crippen LogP contribution in [-0.2, 0) is 19.7 Å². The maximum absolute atomic E-state index is 16.1. The van der Waals surface area contributed by atoms with Gasteiger partial charge >= 0.3 is 11.9 Å². The van der Waals surface area contributed by atoms with Gasteiger partial charge in [-0.3, -0.25) is 9.18 Å². The van der Waals surface area contributed by atoms with Crippen LogP contribution in [0.25, 0.3) is 0 Å². The highest BCUT2D eigenvalue weighted by atomic mass is 35.5. The number of benzene rings is 3. The summed E-state index contributed by atoms with van der Waals surface area (Å²) in [6, 6.07) is 10.6. The number of nitrogens with zero attached hydrogens (tertiary/aromatic N) is 1. The third-order valence-electron chi connectivity index (χ3n) is 8.66. The van der Waals surface area contributed by atoms with Crippen molar-refractivity contribution in [1.82, 2.24) is 0 Å². The first-order valence-corrected chi connectivity index (χ1v) is 15.1. The Morgan fingerprint density at radius 1 is 1.13 bits per heavy atom. The lowest BCUT2D eigenvalue weighted by Crippen LogP contribution is -2.51. The van der Waals surface area contributed by atoms with Crippen LogP contribution in [0.1, 0.15) is 54.6 Å². The third-order valence-corrected chi connectivity index (χ3v) is 9.19. The van der Waals surface area contributed by atoms with Crippen molar-refractivity contribution in [3.05, 3.63) is 87.2 Å². The number of methoxy groups -OCH3 is 1. The maximum Gasteiger partial charge on any atom is 0.338 e. The zero-order valence-corrected chi connectivity index (χ0v) is 26.5. The largest absolute Gasteiger partial charge is 0.495 e. The topological polar surface area (TPSA) is 105 Å². The van der Waals surface area contributed by atoms with Crippen LogP contribution in [0.3, 0.4) is 0 Å². The van der Waals surface area contributed by atoms with Crippen molar-refractivity contribution in [3.8, 4) is 5.75 Å². The number of anilines is 2. The fourth-order valence-corrected chi connectivity index (χ4v) is 7.18. The predicted molar refractivity (Wildman–Crippen MR) is 167 cm³/mol. The van der Waals surface area contributed by atoms with Gasteiger partial charge < -0.3 is 24.8 Å². The van der Waals surface area contributed by atoms with Crippen molar-refractivity contribution in [2.75, 3.05) is 30.6 Å². The van der Waals surface area contributed by atoms with Crippen LogP contribution in [0.4, 0.5) is 20.2 Å². The Hall–Kier alpha value is -3.89. The molecule has 3 aromatic carbocycles. The number of rotatable bonds is 9. The minimum absolute atomic E-state index is 0.0375. The van der Waals surface area contributed by atoms with E-state index in [0.29, 0.717) is 16.3 Å². The molecule has 45 heavy (non-hydrogen) atoms. The van der Waals surface area contributed by atoms with Crippen molar-refractivity contribution in [2.24, 2.45) is 5.41 Å². The number of halogens is 4. The van der Waals surface area contributed by atoms with E-state index in [9.17, 15) is 23.9 Å². The van der Waals surface area contributed by atoms with Gasteiger partial charge in [0.25, 0.3) is 0 Å². The first-order chi connectivity index (χ1) is 21.3. The summed E-state index contributed by atoms with van der Waals surface area (Å²) >= 11 is 12.5. The number of carbonyl (C=O) groups excluding carboxylic acids is 2. The van der Waals surface area contributed by atoms with E-state index in [2.05, 4.69) is 5.32 Å². The summed E-state index contributed by atoms with van der Waals surface area (Å²) in [7, 11) is 1.35. The van der Waals surface area contributed by atoms with Crippen LogP contribution in [0, 0.1) is 11.2 Å². The number of ether oxygens (including phenoxy) is 2. The number of hydrogen-bond donors (Lipinski definition) is 2. The van der Waals surface area contributed by atoms with Crippen LogP contribution in [0.5, 0.6) is 5.75 Å². The fraction of sp³-hybridized carbons (Fsp3) is 0.364. The second-order valence-electron chi connectivity index (χ2n) is 11.9. The molecule has 0 bridgehead atoms. The molecule has 2 aliphatic rings. The van der Waals surface area contributed by atoms with Gasteiger partial charge in [-0.15, -0.1) is 0 Å². The summed E-state index contributed by atoms with van der Waals surface area (Å²) in [5.41, 5.74) is -1.86. The first-order valence-electron chi connectivity index (χ1n) is 14.3. The highest BCUT2D eigenvalue weighted by Gasteiger charge is 2.70. The number of hydrogen-bond acceptors (Lipinski definition) is 6. The zero-order chi connectivity index (χ0) is 32.8. The standard InChI is InChI=1S/C33H32Cl2F2N2O6/c1-5-45-30(42)17-9-12-23(24(13-17)44-4)39-25(15-32(2,3)16-36)33(20-11-10-18(34)14-22(20)38-31(33)43)26(28(39)29(40)41)19-7-6-8-21(35)27(19)37/h6-14,25-26,28H,5,15-16H2,1-4H3,(H,38,43)(H,40,41)/t25-,26-,28+,33+/m0/s1. The summed E-state index contributed by atoms with van der Waals surface area (Å²) in [6.07, 6.45) is -0.0375. The molecule has 1 amide bonds. The van der Waals surface area contributed by atoms with E-state index in [4.69, 9.17) is 32.7 Å². The van der Waals surface area contributed by atoms with Crippen LogP contribution in [-0.4, -0.2) is 55.4 Å². The van der Waals surface area contributed by atoms with Gasteiger partial charge in [0.1, 0.15) is 23.0 Å². The van der Waals surface area contributed by atoms with E-state index in [1.807, 2.05) is 0 Å². The molecule has 1 fully saturated rings. The first kappa shape index (κ1) is 32.5. The van der Waals surface area contributed by atoms with Gasteiger partial charge in [0.15, 0.2) is 0 Å². The molecule has 238 valence electrons. The number of carboxylic acids is 1. The molecular weight excluding hydrogens is 629 g/mol. The van der Waals surface area contributed by atoms with Gasteiger partial charge in [0, 0.05) is 22.7 Å². The van der Waals surface area contributed by atoms with Crippen molar-refractivity contribution >= 4 is 52.4 Å². The average Bonchev–Trinajstić information content (AvgIpc) is 3.45. The number of fused-ring (bicyclic) bond motifs is 2. The van der Waals surface area contributed by atoms with Crippen LogP contribution >= 0.6 is 23.2 Å². The van der Waals surface area contributed by atoms with Gasteiger partial charge in [0.05, 0.1) is 36.7 Å². The Kier molecular flexibility index (Phi) is 8.76. The normalized spacial score (nSPS) is 22.4. The van der Waals surface area contributed by atoms with E-state index in [1.165, 1.54) is 48.4 Å². The van der Waals surface area contributed by atoms with Gasteiger partial charge in [-0.25, -0.2) is 14.0 Å². The second-order valence-corrected chi connectivity index (χ2v) is 12.8. The molecular formula is C33H32Cl2F2N2O6. The minimum atomic E-state index is -1.77. The Morgan fingerprint density at radius 3 is 2.51 bits per heavy atom. The molecule has 3 aromatic rings. The number of nitrogens with one attached hydrogen (secondary N) is 1. The lowest BCUT2D eigenvalue weighted by molar-refractivity contribution is -0.139. The number of carbonyl (C=O) groups is 3. The van der Waals surface area contributed by atoms with Gasteiger partial charge in [0.2, 0.25) is 5.91 Å². The molecule has 0 aromatic heterocycles. The molecule has 0 aliphatic carbocycles. The second kappa shape index (κ2) is 12.1. The minimum Gasteiger partial charge on any atom is -0.495 e. The van der Waals surface area contributed by atoms with Gasteiger partial charge in [-0.05, 0) is 66.3 Å². The summed E-state index contributed by atoms with van der Waals surface area (Å²) in [4.78, 5) is 42.1. The molecule has 12 heteroatoms. The number of esters is 1. The van der Waals surface area contributed by atoms with Crippen molar-refractivity contribution < 1.29 is 37.7 Å². The summed E-state index contributed by atoms with van der Waals surface area (Å²) in [6.45, 7) is 4.33. The Morgan fingerprint density at radius 2 is 1.87 bits per heavy atom. The molecule has 2 N–H and O–H groups in total.